The molecule has 182 valence electrons. The predicted molar refractivity (Wildman–Crippen MR) is 145 cm³/mol. The van der Waals surface area contributed by atoms with E-state index in [1.165, 1.54) is 18.4 Å². The molecule has 0 unspecified atom stereocenters. The topological polar surface area (TPSA) is 58.1 Å². The van der Waals surface area contributed by atoms with Crippen LogP contribution >= 0.6 is 11.6 Å². The molecule has 4 aromatic rings. The lowest BCUT2D eigenvalue weighted by molar-refractivity contribution is -0.132. The first-order valence-corrected chi connectivity index (χ1v) is 13.2. The number of amides is 1. The molecule has 0 bridgehead atoms. The van der Waals surface area contributed by atoms with Gasteiger partial charge in [-0.25, -0.2) is 9.97 Å². The summed E-state index contributed by atoms with van der Waals surface area (Å²) in [7, 11) is 0. The van der Waals surface area contributed by atoms with Crippen LogP contribution in [0.5, 0.6) is 0 Å². The van der Waals surface area contributed by atoms with Crippen LogP contribution in [0.4, 0.5) is 5.82 Å². The van der Waals surface area contributed by atoms with Crippen molar-refractivity contribution >= 4 is 34.2 Å². The van der Waals surface area contributed by atoms with Gasteiger partial charge in [0.25, 0.3) is 0 Å². The molecule has 2 aliphatic rings. The molecule has 1 N–H and O–H groups in total. The number of halogens is 1. The molecule has 2 saturated carbocycles. The van der Waals surface area contributed by atoms with Crippen molar-refractivity contribution in [3.63, 3.8) is 0 Å². The maximum absolute atomic E-state index is 13.2. The highest BCUT2D eigenvalue weighted by Gasteiger charge is 2.32. The Morgan fingerprint density at radius 3 is 2.50 bits per heavy atom. The zero-order valence-electron chi connectivity index (χ0n) is 20.2. The van der Waals surface area contributed by atoms with Gasteiger partial charge >= 0.3 is 0 Å². The number of hydrogen-bond acceptors (Lipinski definition) is 4. The Morgan fingerprint density at radius 2 is 1.72 bits per heavy atom. The number of rotatable bonds is 9. The maximum atomic E-state index is 13.2. The fraction of sp³-hybridized carbons (Fsp3) is 0.300. The zero-order chi connectivity index (χ0) is 24.5. The summed E-state index contributed by atoms with van der Waals surface area (Å²) in [5.41, 5.74) is 5.26. The summed E-state index contributed by atoms with van der Waals surface area (Å²) in [5, 5.41) is 5.24. The number of anilines is 1. The summed E-state index contributed by atoms with van der Waals surface area (Å²) < 4.78 is 0. The van der Waals surface area contributed by atoms with Crippen LogP contribution in [0.3, 0.4) is 0 Å². The van der Waals surface area contributed by atoms with E-state index in [1.54, 1.807) is 6.33 Å². The average molecular weight is 497 g/mol. The second kappa shape index (κ2) is 9.90. The summed E-state index contributed by atoms with van der Waals surface area (Å²) in [5.74, 6) is 1.09. The molecule has 6 rings (SSSR count). The van der Waals surface area contributed by atoms with Gasteiger partial charge in [-0.1, -0.05) is 54.1 Å². The Morgan fingerprint density at radius 1 is 0.944 bits per heavy atom. The van der Waals surface area contributed by atoms with Crippen LogP contribution in [0.25, 0.3) is 22.0 Å². The molecule has 0 saturated heterocycles. The van der Waals surface area contributed by atoms with E-state index < -0.39 is 0 Å². The van der Waals surface area contributed by atoms with Crippen LogP contribution in [0.2, 0.25) is 5.02 Å². The number of nitrogens with zero attached hydrogens (tertiary/aromatic N) is 3. The Hall–Kier alpha value is -3.44. The number of nitrogens with one attached hydrogen (secondary N) is 1. The van der Waals surface area contributed by atoms with Crippen molar-refractivity contribution in [1.82, 2.24) is 14.9 Å². The molecule has 36 heavy (non-hydrogen) atoms. The van der Waals surface area contributed by atoms with Crippen LogP contribution in [0, 0.1) is 0 Å². The van der Waals surface area contributed by atoms with Crippen molar-refractivity contribution in [3.8, 4) is 11.1 Å². The summed E-state index contributed by atoms with van der Waals surface area (Å²) in [4.78, 5) is 24.2. The molecule has 1 heterocycles. The Balaban J connectivity index is 1.24. The van der Waals surface area contributed by atoms with E-state index in [2.05, 4.69) is 45.6 Å². The summed E-state index contributed by atoms with van der Waals surface area (Å²) >= 11 is 6.65. The number of benzene rings is 3. The van der Waals surface area contributed by atoms with Gasteiger partial charge in [-0.2, -0.15) is 0 Å². The first-order valence-electron chi connectivity index (χ1n) is 12.8. The fourth-order valence-electron chi connectivity index (χ4n) is 4.68. The Labute approximate surface area is 216 Å². The zero-order valence-corrected chi connectivity index (χ0v) is 20.9. The van der Waals surface area contributed by atoms with Gasteiger partial charge in [0, 0.05) is 35.5 Å². The highest BCUT2D eigenvalue weighted by Crippen LogP contribution is 2.34. The van der Waals surface area contributed by atoms with Crippen molar-refractivity contribution in [2.45, 2.75) is 57.2 Å². The van der Waals surface area contributed by atoms with Gasteiger partial charge in [-0.15, -0.1) is 0 Å². The van der Waals surface area contributed by atoms with Crippen molar-refractivity contribution < 1.29 is 4.79 Å². The lowest BCUT2D eigenvalue weighted by Gasteiger charge is -2.24. The third kappa shape index (κ3) is 5.21. The van der Waals surface area contributed by atoms with Crippen LogP contribution in [-0.2, 0) is 17.8 Å². The predicted octanol–water partition coefficient (Wildman–Crippen LogP) is 6.65. The molecule has 6 heteroatoms. The molecule has 0 atom stereocenters. The van der Waals surface area contributed by atoms with Gasteiger partial charge in [0.15, 0.2) is 0 Å². The molecular weight excluding hydrogens is 468 g/mol. The first-order chi connectivity index (χ1) is 17.6. The van der Waals surface area contributed by atoms with E-state index in [-0.39, 0.29) is 5.91 Å². The summed E-state index contributed by atoms with van der Waals surface area (Å²) in [6.45, 7) is 0.538. The second-order valence-electron chi connectivity index (χ2n) is 9.92. The van der Waals surface area contributed by atoms with Gasteiger partial charge in [0.05, 0.1) is 5.52 Å². The van der Waals surface area contributed by atoms with E-state index in [1.807, 2.05) is 41.3 Å². The first kappa shape index (κ1) is 23.0. The van der Waals surface area contributed by atoms with Gasteiger partial charge < -0.3 is 10.2 Å². The maximum Gasteiger partial charge on any atom is 0.223 e. The lowest BCUT2D eigenvalue weighted by Crippen LogP contribution is -2.32. The average Bonchev–Trinajstić information content (AvgIpc) is 3.83. The molecular formula is C30H29ClN4O. The molecule has 5 nitrogen and oxygen atoms in total. The number of carbonyl (C=O) groups excluding carboxylic acids is 1. The number of carbonyl (C=O) groups is 1. The normalized spacial score (nSPS) is 15.1. The van der Waals surface area contributed by atoms with E-state index in [9.17, 15) is 4.79 Å². The van der Waals surface area contributed by atoms with Gasteiger partial charge in [-0.05, 0) is 78.6 Å². The molecule has 0 radical (unpaired) electrons. The van der Waals surface area contributed by atoms with Crippen molar-refractivity contribution in [2.75, 3.05) is 5.32 Å². The molecule has 3 aromatic carbocycles. The van der Waals surface area contributed by atoms with Crippen molar-refractivity contribution in [1.29, 1.82) is 0 Å². The monoisotopic (exact) mass is 496 g/mol. The Kier molecular flexibility index (Phi) is 6.32. The van der Waals surface area contributed by atoms with Crippen molar-refractivity contribution in [2.24, 2.45) is 0 Å². The molecule has 0 aliphatic heterocycles. The highest BCUT2D eigenvalue weighted by molar-refractivity contribution is 6.31. The SMILES string of the molecule is O=C(CCc1ccccc1)N(Cc1cc(-c2ccc3ncnc(NC4CC4)c3c2)ccc1Cl)C1CC1. The Bertz CT molecular complexity index is 1400. The quantitative estimate of drug-likeness (QED) is 0.282. The van der Waals surface area contributed by atoms with E-state index in [4.69, 9.17) is 11.6 Å². The largest absolute Gasteiger partial charge is 0.367 e. The summed E-state index contributed by atoms with van der Waals surface area (Å²) in [6, 6.07) is 23.4. The minimum Gasteiger partial charge on any atom is -0.367 e. The van der Waals surface area contributed by atoms with Crippen LogP contribution in [0.1, 0.15) is 43.2 Å². The fourth-order valence-corrected chi connectivity index (χ4v) is 4.86. The van der Waals surface area contributed by atoms with E-state index in [0.717, 1.165) is 52.7 Å². The smallest absolute Gasteiger partial charge is 0.223 e. The minimum atomic E-state index is 0.196. The van der Waals surface area contributed by atoms with Gasteiger partial charge in [0.1, 0.15) is 12.1 Å². The van der Waals surface area contributed by atoms with Gasteiger partial charge in [-0.3, -0.25) is 4.79 Å². The molecule has 0 spiro atoms. The van der Waals surface area contributed by atoms with Crippen LogP contribution < -0.4 is 5.32 Å². The van der Waals surface area contributed by atoms with Gasteiger partial charge in [0.2, 0.25) is 5.91 Å². The highest BCUT2D eigenvalue weighted by atomic mass is 35.5. The van der Waals surface area contributed by atoms with Crippen molar-refractivity contribution in [3.05, 3.63) is 89.2 Å². The van der Waals surface area contributed by atoms with E-state index in [0.29, 0.717) is 30.1 Å². The standard InChI is InChI=1S/C30H29ClN4O/c31-27-13-7-21(22-8-14-28-26(17-22)30(33-19-32-28)34-24-9-10-24)16-23(27)18-35(25-11-12-25)29(36)15-6-20-4-2-1-3-5-20/h1-5,7-8,13-14,16-17,19,24-25H,6,9-12,15,18H2,(H,32,33,34). The van der Waals surface area contributed by atoms with Crippen LogP contribution in [-0.4, -0.2) is 32.9 Å². The lowest BCUT2D eigenvalue weighted by atomic mass is 10.0. The van der Waals surface area contributed by atoms with Crippen LogP contribution in [0.15, 0.2) is 73.1 Å². The molecule has 2 fully saturated rings. The number of aromatic nitrogens is 2. The summed E-state index contributed by atoms with van der Waals surface area (Å²) in [6.07, 6.45) is 7.40. The number of aryl methyl sites for hydroxylation is 1. The third-order valence-corrected chi connectivity index (χ3v) is 7.42. The number of fused-ring (bicyclic) bond motifs is 1. The number of hydrogen-bond donors (Lipinski definition) is 1. The second-order valence-corrected chi connectivity index (χ2v) is 10.3. The third-order valence-electron chi connectivity index (χ3n) is 7.05. The minimum absolute atomic E-state index is 0.196. The molecule has 1 aromatic heterocycles. The molecule has 1 amide bonds. The van der Waals surface area contributed by atoms with E-state index >= 15 is 0 Å². The molecule has 2 aliphatic carbocycles.